The molecule has 1 N–H and O–H groups in total. The first-order valence-electron chi connectivity index (χ1n) is 11.6. The highest BCUT2D eigenvalue weighted by molar-refractivity contribution is 7.92. The monoisotopic (exact) mass is 521 g/mol. The van der Waals surface area contributed by atoms with Crippen LogP contribution < -0.4 is 18.9 Å². The predicted octanol–water partition coefficient (Wildman–Crippen LogP) is 4.96. The number of benzene rings is 2. The molecule has 0 saturated carbocycles. The van der Waals surface area contributed by atoms with Gasteiger partial charge in [0.2, 0.25) is 11.6 Å². The SMILES string of the molecule is COc1ccccc1Oc1c(NS(=O)(=O)c2ccccc2)nc(-c2ncccn2)nc1OCCC(C)C. The van der Waals surface area contributed by atoms with E-state index in [0.29, 0.717) is 24.0 Å². The molecule has 0 fully saturated rings. The maximum atomic E-state index is 13.3. The van der Waals surface area contributed by atoms with Gasteiger partial charge in [-0.3, -0.25) is 4.72 Å². The highest BCUT2D eigenvalue weighted by atomic mass is 32.2. The van der Waals surface area contributed by atoms with Crippen molar-refractivity contribution in [3.05, 3.63) is 73.1 Å². The Kier molecular flexibility index (Phi) is 8.14. The van der Waals surface area contributed by atoms with Gasteiger partial charge in [-0.25, -0.2) is 23.4 Å². The van der Waals surface area contributed by atoms with Crippen LogP contribution in [0.2, 0.25) is 0 Å². The molecule has 2 aromatic heterocycles. The molecule has 0 aliphatic rings. The number of hydrogen-bond acceptors (Lipinski definition) is 9. The second-order valence-corrected chi connectivity index (χ2v) is 9.99. The van der Waals surface area contributed by atoms with E-state index in [1.807, 2.05) is 0 Å². The molecular formula is C26H27N5O5S. The number of nitrogens with zero attached hydrogens (tertiary/aromatic N) is 4. The standard InChI is InChI=1S/C26H27N5O5S/c1-18(2)14-17-35-26-22(36-21-13-8-7-12-20(21)34-3)23(29-25(30-26)24-27-15-9-16-28-24)31-37(32,33)19-10-5-4-6-11-19/h4-13,15-16,18H,14,17H2,1-3H3,(H,29,30,31). The van der Waals surface area contributed by atoms with Crippen molar-refractivity contribution in [3.8, 4) is 34.8 Å². The fourth-order valence-corrected chi connectivity index (χ4v) is 4.22. The van der Waals surface area contributed by atoms with Gasteiger partial charge < -0.3 is 14.2 Å². The summed E-state index contributed by atoms with van der Waals surface area (Å²) in [7, 11) is -2.53. The summed E-state index contributed by atoms with van der Waals surface area (Å²) >= 11 is 0. The van der Waals surface area contributed by atoms with Crippen LogP contribution in [0.15, 0.2) is 78.0 Å². The number of rotatable bonds is 11. The first kappa shape index (κ1) is 25.8. The van der Waals surface area contributed by atoms with Crippen molar-refractivity contribution in [3.63, 3.8) is 0 Å². The molecule has 0 bridgehead atoms. The van der Waals surface area contributed by atoms with E-state index in [0.717, 1.165) is 6.42 Å². The minimum atomic E-state index is -4.04. The van der Waals surface area contributed by atoms with E-state index < -0.39 is 10.0 Å². The number of hydrogen-bond donors (Lipinski definition) is 1. The lowest BCUT2D eigenvalue weighted by atomic mass is 10.1. The summed E-state index contributed by atoms with van der Waals surface area (Å²) in [6.45, 7) is 4.45. The molecule has 0 atom stereocenters. The summed E-state index contributed by atoms with van der Waals surface area (Å²) in [6, 6.07) is 16.5. The van der Waals surface area contributed by atoms with Crippen LogP contribution >= 0.6 is 0 Å². The van der Waals surface area contributed by atoms with Crippen LogP contribution in [0, 0.1) is 5.92 Å². The van der Waals surface area contributed by atoms with Crippen LogP contribution in [0.3, 0.4) is 0 Å². The summed E-state index contributed by atoms with van der Waals surface area (Å²) in [5.41, 5.74) is 0. The van der Waals surface area contributed by atoms with Crippen molar-refractivity contribution in [1.82, 2.24) is 19.9 Å². The average molecular weight is 522 g/mol. The van der Waals surface area contributed by atoms with Gasteiger partial charge >= 0.3 is 0 Å². The number of anilines is 1. The Balaban J connectivity index is 1.87. The van der Waals surface area contributed by atoms with E-state index in [-0.39, 0.29) is 34.0 Å². The summed E-state index contributed by atoms with van der Waals surface area (Å²) in [5.74, 6) is 1.27. The fourth-order valence-electron chi connectivity index (χ4n) is 3.19. The van der Waals surface area contributed by atoms with E-state index in [2.05, 4.69) is 38.5 Å². The molecule has 192 valence electrons. The van der Waals surface area contributed by atoms with Crippen LogP contribution in [0.5, 0.6) is 23.1 Å². The topological polar surface area (TPSA) is 125 Å². The molecule has 11 heteroatoms. The Morgan fingerprint density at radius 2 is 1.54 bits per heavy atom. The zero-order valence-corrected chi connectivity index (χ0v) is 21.5. The van der Waals surface area contributed by atoms with E-state index in [9.17, 15) is 8.42 Å². The highest BCUT2D eigenvalue weighted by Crippen LogP contribution is 2.41. The predicted molar refractivity (Wildman–Crippen MR) is 138 cm³/mol. The van der Waals surface area contributed by atoms with Gasteiger partial charge in [0.25, 0.3) is 15.9 Å². The van der Waals surface area contributed by atoms with E-state index in [1.165, 1.54) is 31.6 Å². The molecular weight excluding hydrogens is 494 g/mol. The fraction of sp³-hybridized carbons (Fsp3) is 0.231. The quantitative estimate of drug-likeness (QED) is 0.291. The van der Waals surface area contributed by atoms with Gasteiger partial charge in [-0.05, 0) is 42.7 Å². The third kappa shape index (κ3) is 6.50. The van der Waals surface area contributed by atoms with Crippen LogP contribution in [0.4, 0.5) is 5.82 Å². The molecule has 0 aliphatic heterocycles. The van der Waals surface area contributed by atoms with Crippen molar-refractivity contribution < 1.29 is 22.6 Å². The number of para-hydroxylation sites is 2. The molecule has 0 radical (unpaired) electrons. The van der Waals surface area contributed by atoms with Gasteiger partial charge in [0.05, 0.1) is 18.6 Å². The molecule has 0 saturated heterocycles. The van der Waals surface area contributed by atoms with Crippen LogP contribution in [0.25, 0.3) is 11.6 Å². The van der Waals surface area contributed by atoms with Crippen LogP contribution in [0.1, 0.15) is 20.3 Å². The summed E-state index contributed by atoms with van der Waals surface area (Å²) in [5, 5.41) is 0. The smallest absolute Gasteiger partial charge is 0.263 e. The Morgan fingerprint density at radius 3 is 2.22 bits per heavy atom. The van der Waals surface area contributed by atoms with Crippen molar-refractivity contribution in [2.45, 2.75) is 25.2 Å². The number of aromatic nitrogens is 4. The molecule has 37 heavy (non-hydrogen) atoms. The van der Waals surface area contributed by atoms with Crippen molar-refractivity contribution in [2.75, 3.05) is 18.4 Å². The molecule has 0 unspecified atom stereocenters. The molecule has 2 heterocycles. The molecule has 4 rings (SSSR count). The first-order valence-corrected chi connectivity index (χ1v) is 13.1. The summed E-state index contributed by atoms with van der Waals surface area (Å²) in [4.78, 5) is 17.4. The largest absolute Gasteiger partial charge is 0.493 e. The lowest BCUT2D eigenvalue weighted by Gasteiger charge is -2.18. The summed E-state index contributed by atoms with van der Waals surface area (Å²) in [6.07, 6.45) is 3.82. The van der Waals surface area contributed by atoms with Crippen molar-refractivity contribution in [2.24, 2.45) is 5.92 Å². The van der Waals surface area contributed by atoms with Gasteiger partial charge in [-0.2, -0.15) is 4.98 Å². The number of nitrogens with one attached hydrogen (secondary N) is 1. The third-order valence-corrected chi connectivity index (χ3v) is 6.45. The molecule has 0 amide bonds. The molecule has 0 spiro atoms. The van der Waals surface area contributed by atoms with Crippen LogP contribution in [-0.4, -0.2) is 42.1 Å². The van der Waals surface area contributed by atoms with Gasteiger partial charge in [-0.1, -0.05) is 44.2 Å². The van der Waals surface area contributed by atoms with Gasteiger partial charge in [-0.15, -0.1) is 0 Å². The number of methoxy groups -OCH3 is 1. The minimum absolute atomic E-state index is 0.0209. The Hall–Kier alpha value is -4.25. The first-order chi connectivity index (χ1) is 17.9. The number of ether oxygens (including phenoxy) is 3. The van der Waals surface area contributed by atoms with E-state index >= 15 is 0 Å². The van der Waals surface area contributed by atoms with Gasteiger partial charge in [0.1, 0.15) is 0 Å². The third-order valence-electron chi connectivity index (χ3n) is 5.10. The summed E-state index contributed by atoms with van der Waals surface area (Å²) < 4.78 is 46.6. The van der Waals surface area contributed by atoms with Gasteiger partial charge in [0.15, 0.2) is 23.1 Å². The Bertz CT molecular complexity index is 1430. The maximum absolute atomic E-state index is 13.3. The van der Waals surface area contributed by atoms with Crippen molar-refractivity contribution in [1.29, 1.82) is 0 Å². The average Bonchev–Trinajstić information content (AvgIpc) is 2.91. The minimum Gasteiger partial charge on any atom is -0.493 e. The van der Waals surface area contributed by atoms with Crippen molar-refractivity contribution >= 4 is 15.8 Å². The zero-order chi connectivity index (χ0) is 26.3. The normalized spacial score (nSPS) is 11.2. The second-order valence-electron chi connectivity index (χ2n) is 8.30. The number of sulfonamides is 1. The van der Waals surface area contributed by atoms with Crippen LogP contribution in [-0.2, 0) is 10.0 Å². The maximum Gasteiger partial charge on any atom is 0.263 e. The van der Waals surface area contributed by atoms with E-state index in [4.69, 9.17) is 14.2 Å². The van der Waals surface area contributed by atoms with Gasteiger partial charge in [0, 0.05) is 12.4 Å². The zero-order valence-electron chi connectivity index (χ0n) is 20.7. The molecule has 10 nitrogen and oxygen atoms in total. The van der Waals surface area contributed by atoms with E-state index in [1.54, 1.807) is 48.5 Å². The molecule has 4 aromatic rings. The Morgan fingerprint density at radius 1 is 0.865 bits per heavy atom. The molecule has 2 aromatic carbocycles. The molecule has 0 aliphatic carbocycles. The highest BCUT2D eigenvalue weighted by Gasteiger charge is 2.26. The lowest BCUT2D eigenvalue weighted by Crippen LogP contribution is -2.16. The second kappa shape index (κ2) is 11.7. The Labute approximate surface area is 215 Å². The lowest BCUT2D eigenvalue weighted by molar-refractivity contribution is 0.266.